The van der Waals surface area contributed by atoms with Gasteiger partial charge in [-0.25, -0.2) is 4.79 Å². The second kappa shape index (κ2) is 8.79. The highest BCUT2D eigenvalue weighted by Gasteiger charge is 2.46. The molecule has 1 saturated heterocycles. The molecule has 2 aromatic rings. The van der Waals surface area contributed by atoms with Crippen molar-refractivity contribution in [2.75, 3.05) is 6.61 Å². The molecule has 1 fully saturated rings. The number of benzene rings is 1. The van der Waals surface area contributed by atoms with Crippen molar-refractivity contribution < 1.29 is 43.9 Å². The maximum atomic E-state index is 11.8. The molecular formula is C19H21NO10. The maximum Gasteiger partial charge on any atom is 0.336 e. The van der Waals surface area contributed by atoms with Gasteiger partial charge in [0.05, 0.1) is 13.0 Å². The van der Waals surface area contributed by atoms with Crippen LogP contribution in [0.1, 0.15) is 12.5 Å². The van der Waals surface area contributed by atoms with Crippen molar-refractivity contribution in [1.82, 2.24) is 5.32 Å². The van der Waals surface area contributed by atoms with Gasteiger partial charge in [-0.1, -0.05) is 0 Å². The lowest BCUT2D eigenvalue weighted by Crippen LogP contribution is -2.65. The number of hydrogen-bond donors (Lipinski definition) is 5. The summed E-state index contributed by atoms with van der Waals surface area (Å²) >= 11 is 0. The SMILES string of the molecule is CC(=O)N[C@H]1[C@H](Oc2ccc3c(CC(=O)O)cc(=O)oc3c2)O[C@H](CO)[C@@H](O)[C@@H]1O. The summed E-state index contributed by atoms with van der Waals surface area (Å²) in [5, 5.41) is 41.6. The molecule has 0 unspecified atom stereocenters. The van der Waals surface area contributed by atoms with Crippen LogP contribution in [-0.4, -0.2) is 69.6 Å². The van der Waals surface area contributed by atoms with Crippen LogP contribution < -0.4 is 15.7 Å². The number of carboxylic acids is 1. The molecule has 0 aliphatic carbocycles. The second-order valence-corrected chi connectivity index (χ2v) is 6.87. The average Bonchev–Trinajstić information content (AvgIpc) is 2.66. The first kappa shape index (κ1) is 21.7. The fraction of sp³-hybridized carbons (Fsp3) is 0.421. The van der Waals surface area contributed by atoms with Crippen LogP contribution in [0.25, 0.3) is 11.0 Å². The summed E-state index contributed by atoms with van der Waals surface area (Å²) in [5.41, 5.74) is -0.397. The molecular weight excluding hydrogens is 402 g/mol. The van der Waals surface area contributed by atoms with Gasteiger partial charge in [0.15, 0.2) is 0 Å². The van der Waals surface area contributed by atoms with Gasteiger partial charge in [0, 0.05) is 24.4 Å². The lowest BCUT2D eigenvalue weighted by molar-refractivity contribution is -0.244. The number of ether oxygens (including phenoxy) is 2. The Morgan fingerprint density at radius 2 is 1.93 bits per heavy atom. The Bertz CT molecular complexity index is 1000. The van der Waals surface area contributed by atoms with E-state index in [1.54, 1.807) is 0 Å². The third-order valence-electron chi connectivity index (χ3n) is 4.65. The van der Waals surface area contributed by atoms with Crippen molar-refractivity contribution in [3.8, 4) is 5.75 Å². The number of fused-ring (bicyclic) bond motifs is 1. The van der Waals surface area contributed by atoms with Crippen LogP contribution in [0, 0.1) is 0 Å². The van der Waals surface area contributed by atoms with E-state index in [0.29, 0.717) is 5.39 Å². The Hall–Kier alpha value is -2.99. The molecule has 162 valence electrons. The maximum absolute atomic E-state index is 11.8. The highest BCUT2D eigenvalue weighted by Crippen LogP contribution is 2.27. The molecule has 1 aliphatic heterocycles. The summed E-state index contributed by atoms with van der Waals surface area (Å²) in [7, 11) is 0. The molecule has 1 aromatic carbocycles. The third kappa shape index (κ3) is 4.60. The lowest BCUT2D eigenvalue weighted by atomic mass is 9.97. The first-order chi connectivity index (χ1) is 14.2. The number of aliphatic hydroxyl groups excluding tert-OH is 3. The Morgan fingerprint density at radius 3 is 2.57 bits per heavy atom. The molecule has 5 N–H and O–H groups in total. The van der Waals surface area contributed by atoms with Gasteiger partial charge in [-0.15, -0.1) is 0 Å². The topological polar surface area (TPSA) is 176 Å². The Balaban J connectivity index is 1.93. The van der Waals surface area contributed by atoms with E-state index < -0.39 is 54.8 Å². The van der Waals surface area contributed by atoms with Gasteiger partial charge >= 0.3 is 11.6 Å². The van der Waals surface area contributed by atoms with Crippen LogP contribution in [-0.2, 0) is 20.7 Å². The number of rotatable bonds is 6. The van der Waals surface area contributed by atoms with E-state index in [4.69, 9.17) is 19.0 Å². The molecule has 3 rings (SSSR count). The van der Waals surface area contributed by atoms with Crippen LogP contribution in [0.5, 0.6) is 5.75 Å². The normalized spacial score (nSPS) is 26.3. The van der Waals surface area contributed by atoms with E-state index in [0.717, 1.165) is 6.07 Å². The van der Waals surface area contributed by atoms with Crippen molar-refractivity contribution in [3.63, 3.8) is 0 Å². The number of hydrogen-bond acceptors (Lipinski definition) is 9. The van der Waals surface area contributed by atoms with E-state index in [-0.39, 0.29) is 23.3 Å². The zero-order valence-electron chi connectivity index (χ0n) is 15.8. The predicted molar refractivity (Wildman–Crippen MR) is 99.8 cm³/mol. The summed E-state index contributed by atoms with van der Waals surface area (Å²) < 4.78 is 16.3. The molecule has 0 spiro atoms. The first-order valence-corrected chi connectivity index (χ1v) is 9.04. The molecule has 11 nitrogen and oxygen atoms in total. The fourth-order valence-electron chi connectivity index (χ4n) is 3.30. The second-order valence-electron chi connectivity index (χ2n) is 6.87. The van der Waals surface area contributed by atoms with Crippen molar-refractivity contribution in [2.45, 2.75) is 44.0 Å². The van der Waals surface area contributed by atoms with Crippen LogP contribution in [0.3, 0.4) is 0 Å². The van der Waals surface area contributed by atoms with Crippen LogP contribution in [0.15, 0.2) is 33.5 Å². The van der Waals surface area contributed by atoms with Crippen molar-refractivity contribution >= 4 is 22.8 Å². The number of amides is 1. The number of aliphatic carboxylic acids is 1. The Labute approximate surface area is 169 Å². The summed E-state index contributed by atoms with van der Waals surface area (Å²) in [4.78, 5) is 34.3. The van der Waals surface area contributed by atoms with E-state index in [9.17, 15) is 29.7 Å². The van der Waals surface area contributed by atoms with Crippen LogP contribution >= 0.6 is 0 Å². The monoisotopic (exact) mass is 423 g/mol. The Morgan fingerprint density at radius 1 is 1.20 bits per heavy atom. The first-order valence-electron chi connectivity index (χ1n) is 9.04. The van der Waals surface area contributed by atoms with Crippen LogP contribution in [0.2, 0.25) is 0 Å². The largest absolute Gasteiger partial charge is 0.481 e. The highest BCUT2D eigenvalue weighted by atomic mass is 16.7. The van der Waals surface area contributed by atoms with Crippen molar-refractivity contribution in [1.29, 1.82) is 0 Å². The van der Waals surface area contributed by atoms with E-state index in [2.05, 4.69) is 5.32 Å². The number of carbonyl (C=O) groups excluding carboxylic acids is 1. The summed E-state index contributed by atoms with van der Waals surface area (Å²) in [6.07, 6.45) is -5.75. The third-order valence-corrected chi connectivity index (χ3v) is 4.65. The minimum absolute atomic E-state index is 0.0717. The molecule has 5 atom stereocenters. The molecule has 30 heavy (non-hydrogen) atoms. The van der Waals surface area contributed by atoms with E-state index in [1.807, 2.05) is 0 Å². The zero-order valence-corrected chi connectivity index (χ0v) is 15.8. The smallest absolute Gasteiger partial charge is 0.336 e. The molecule has 1 aliphatic rings. The van der Waals surface area contributed by atoms with Gasteiger partial charge in [-0.2, -0.15) is 0 Å². The summed E-state index contributed by atoms with van der Waals surface area (Å²) in [6.45, 7) is 0.610. The molecule has 1 amide bonds. The quantitative estimate of drug-likeness (QED) is 0.353. The van der Waals surface area contributed by atoms with Gasteiger partial charge in [-0.05, 0) is 17.7 Å². The summed E-state index contributed by atoms with van der Waals surface area (Å²) in [5.74, 6) is -1.49. The van der Waals surface area contributed by atoms with Gasteiger partial charge in [0.2, 0.25) is 12.2 Å². The summed E-state index contributed by atoms with van der Waals surface area (Å²) in [6, 6.07) is 4.24. The van der Waals surface area contributed by atoms with Gasteiger partial charge in [0.25, 0.3) is 0 Å². The van der Waals surface area contributed by atoms with E-state index >= 15 is 0 Å². The average molecular weight is 423 g/mol. The molecule has 0 radical (unpaired) electrons. The number of carbonyl (C=O) groups is 2. The van der Waals surface area contributed by atoms with Crippen molar-refractivity contribution in [3.05, 3.63) is 40.2 Å². The fourth-order valence-corrected chi connectivity index (χ4v) is 3.30. The molecule has 0 saturated carbocycles. The van der Waals surface area contributed by atoms with Crippen LogP contribution in [0.4, 0.5) is 0 Å². The Kier molecular flexibility index (Phi) is 6.37. The number of nitrogens with one attached hydrogen (secondary N) is 1. The molecule has 11 heteroatoms. The highest BCUT2D eigenvalue weighted by molar-refractivity contribution is 5.85. The van der Waals surface area contributed by atoms with Gasteiger partial charge < -0.3 is 39.6 Å². The minimum Gasteiger partial charge on any atom is -0.481 e. The van der Waals surface area contributed by atoms with Crippen molar-refractivity contribution in [2.24, 2.45) is 0 Å². The number of carboxylic acid groups (broad SMARTS) is 1. The minimum atomic E-state index is -1.48. The predicted octanol–water partition coefficient (Wildman–Crippen LogP) is -1.26. The molecule has 1 aromatic heterocycles. The van der Waals surface area contributed by atoms with Gasteiger partial charge in [0.1, 0.15) is 35.7 Å². The molecule has 0 bridgehead atoms. The molecule has 2 heterocycles. The zero-order chi connectivity index (χ0) is 22.0. The van der Waals surface area contributed by atoms with E-state index in [1.165, 1.54) is 25.1 Å². The lowest BCUT2D eigenvalue weighted by Gasteiger charge is -2.42. The standard InChI is InChI=1S/C19H21NO10/c1-8(22)20-16-18(27)17(26)13(7-21)30-19(16)28-10-2-3-11-9(4-14(23)24)5-15(25)29-12(11)6-10/h2-3,5-6,13,16-19,21,26-27H,4,7H2,1H3,(H,20,22)(H,23,24)/t13-,16-,17-,18-,19-/m1/s1. The van der Waals surface area contributed by atoms with Gasteiger partial charge in [-0.3, -0.25) is 9.59 Å². The number of aliphatic hydroxyl groups is 3.